The van der Waals surface area contributed by atoms with E-state index in [-0.39, 0.29) is 5.91 Å². The van der Waals surface area contributed by atoms with Crippen molar-refractivity contribution in [3.63, 3.8) is 0 Å². The summed E-state index contributed by atoms with van der Waals surface area (Å²) in [5, 5.41) is 4.43. The van der Waals surface area contributed by atoms with Gasteiger partial charge in [-0.05, 0) is 30.5 Å². The van der Waals surface area contributed by atoms with Gasteiger partial charge in [0.25, 0.3) is 5.91 Å². The molecule has 0 aliphatic carbocycles. The van der Waals surface area contributed by atoms with Gasteiger partial charge < -0.3 is 10.1 Å². The highest BCUT2D eigenvalue weighted by atomic mass is 32.2. The highest BCUT2D eigenvalue weighted by Crippen LogP contribution is 2.35. The minimum Gasteiger partial charge on any atom is -0.496 e. The molecular formula is C16H15N3O2S. The van der Waals surface area contributed by atoms with Crippen molar-refractivity contribution in [1.82, 2.24) is 15.3 Å². The van der Waals surface area contributed by atoms with Crippen molar-refractivity contribution < 1.29 is 9.53 Å². The third kappa shape index (κ3) is 2.25. The summed E-state index contributed by atoms with van der Waals surface area (Å²) in [4.78, 5) is 21.9. The molecule has 2 heterocycles. The summed E-state index contributed by atoms with van der Waals surface area (Å²) in [6, 6.07) is 7.54. The number of fused-ring (bicyclic) bond motifs is 3. The fourth-order valence-electron chi connectivity index (χ4n) is 2.44. The Morgan fingerprint density at radius 1 is 1.27 bits per heavy atom. The quantitative estimate of drug-likeness (QED) is 0.595. The van der Waals surface area contributed by atoms with Crippen LogP contribution in [0.1, 0.15) is 10.5 Å². The number of hydrogen-bond acceptors (Lipinski definition) is 5. The zero-order chi connectivity index (χ0) is 15.7. The van der Waals surface area contributed by atoms with E-state index in [0.29, 0.717) is 11.2 Å². The summed E-state index contributed by atoms with van der Waals surface area (Å²) in [7, 11) is 3.23. The van der Waals surface area contributed by atoms with E-state index in [2.05, 4.69) is 15.3 Å². The number of carbonyl (C=O) groups is 1. The molecule has 0 bridgehead atoms. The smallest absolute Gasteiger partial charge is 0.269 e. The number of thioether (sulfide) groups is 1. The second-order valence-corrected chi connectivity index (χ2v) is 5.51. The molecule has 0 aliphatic heterocycles. The van der Waals surface area contributed by atoms with Crippen LogP contribution in [-0.2, 0) is 0 Å². The minimum atomic E-state index is -0.211. The van der Waals surface area contributed by atoms with Crippen molar-refractivity contribution >= 4 is 39.5 Å². The monoisotopic (exact) mass is 313 g/mol. The van der Waals surface area contributed by atoms with Gasteiger partial charge in [-0.15, -0.1) is 11.8 Å². The molecule has 0 saturated carbocycles. The van der Waals surface area contributed by atoms with Crippen molar-refractivity contribution in [2.24, 2.45) is 0 Å². The maximum atomic E-state index is 12.0. The van der Waals surface area contributed by atoms with Crippen molar-refractivity contribution in [2.75, 3.05) is 20.4 Å². The first-order chi connectivity index (χ1) is 10.7. The van der Waals surface area contributed by atoms with Gasteiger partial charge in [0.15, 0.2) is 0 Å². The van der Waals surface area contributed by atoms with Crippen LogP contribution < -0.4 is 10.1 Å². The lowest BCUT2D eigenvalue weighted by molar-refractivity contribution is 0.0958. The number of rotatable bonds is 3. The number of nitrogens with zero attached hydrogens (tertiary/aromatic N) is 2. The lowest BCUT2D eigenvalue weighted by Gasteiger charge is -2.12. The number of aromatic nitrogens is 2. The second-order valence-electron chi connectivity index (χ2n) is 4.66. The second kappa shape index (κ2) is 5.81. The fraction of sp³-hybridized carbons (Fsp3) is 0.188. The molecule has 112 valence electrons. The van der Waals surface area contributed by atoms with E-state index >= 15 is 0 Å². The van der Waals surface area contributed by atoms with Crippen LogP contribution in [0.4, 0.5) is 0 Å². The largest absolute Gasteiger partial charge is 0.496 e. The van der Waals surface area contributed by atoms with Gasteiger partial charge in [0.2, 0.25) is 0 Å². The first-order valence-electron chi connectivity index (χ1n) is 6.72. The van der Waals surface area contributed by atoms with E-state index in [1.54, 1.807) is 38.2 Å². The number of methoxy groups -OCH3 is 1. The van der Waals surface area contributed by atoms with E-state index in [0.717, 1.165) is 26.9 Å². The lowest BCUT2D eigenvalue weighted by atomic mass is 10.1. The van der Waals surface area contributed by atoms with E-state index in [9.17, 15) is 4.79 Å². The molecule has 0 atom stereocenters. The van der Waals surface area contributed by atoms with Gasteiger partial charge in [0.05, 0.1) is 12.6 Å². The molecule has 2 aromatic heterocycles. The average molecular weight is 313 g/mol. The van der Waals surface area contributed by atoms with Crippen LogP contribution in [0.3, 0.4) is 0 Å². The van der Waals surface area contributed by atoms with Gasteiger partial charge in [-0.2, -0.15) is 0 Å². The van der Waals surface area contributed by atoms with Crippen LogP contribution in [-0.4, -0.2) is 36.3 Å². The van der Waals surface area contributed by atoms with E-state index < -0.39 is 0 Å². The predicted octanol–water partition coefficient (Wildman–Crippen LogP) is 2.87. The summed E-state index contributed by atoms with van der Waals surface area (Å²) < 4.78 is 5.48. The topological polar surface area (TPSA) is 64.1 Å². The Bertz CT molecular complexity index is 880. The summed E-state index contributed by atoms with van der Waals surface area (Å²) >= 11 is 1.56. The van der Waals surface area contributed by atoms with Crippen LogP contribution in [0.15, 0.2) is 35.4 Å². The molecule has 1 amide bonds. The van der Waals surface area contributed by atoms with Gasteiger partial charge in [0, 0.05) is 28.9 Å². The number of amides is 1. The fourth-order valence-corrected chi connectivity index (χ4v) is 3.04. The van der Waals surface area contributed by atoms with Gasteiger partial charge in [0.1, 0.15) is 17.0 Å². The first kappa shape index (κ1) is 14.6. The molecule has 1 aromatic carbocycles. The average Bonchev–Trinajstić information content (AvgIpc) is 2.59. The molecule has 3 rings (SSSR count). The van der Waals surface area contributed by atoms with E-state index in [1.165, 1.54) is 0 Å². The number of pyridine rings is 2. The lowest BCUT2D eigenvalue weighted by Crippen LogP contribution is -2.19. The molecule has 0 unspecified atom stereocenters. The normalized spacial score (nSPS) is 10.9. The zero-order valence-corrected chi connectivity index (χ0v) is 13.3. The van der Waals surface area contributed by atoms with Crippen molar-refractivity contribution in [3.8, 4) is 5.75 Å². The molecule has 0 aliphatic rings. The summed E-state index contributed by atoms with van der Waals surface area (Å²) in [5.74, 6) is 0.539. The Kier molecular flexibility index (Phi) is 3.85. The SMILES string of the molecule is CNC(=O)c1cc(SC)c2cc(OC)c3cccnc3c2n1. The highest BCUT2D eigenvalue weighted by molar-refractivity contribution is 7.98. The highest BCUT2D eigenvalue weighted by Gasteiger charge is 2.15. The Labute approximate surface area is 132 Å². The molecule has 22 heavy (non-hydrogen) atoms. The Hall–Kier alpha value is -2.34. The number of benzene rings is 1. The maximum Gasteiger partial charge on any atom is 0.269 e. The summed E-state index contributed by atoms with van der Waals surface area (Å²) in [6.07, 6.45) is 3.69. The molecule has 1 N–H and O–H groups in total. The molecule has 0 radical (unpaired) electrons. The third-order valence-corrected chi connectivity index (χ3v) is 4.27. The van der Waals surface area contributed by atoms with Crippen molar-refractivity contribution in [1.29, 1.82) is 0 Å². The first-order valence-corrected chi connectivity index (χ1v) is 7.94. The van der Waals surface area contributed by atoms with Crippen LogP contribution in [0, 0.1) is 0 Å². The number of ether oxygens (including phenoxy) is 1. The Morgan fingerprint density at radius 2 is 2.09 bits per heavy atom. The molecule has 0 saturated heterocycles. The van der Waals surface area contributed by atoms with Crippen LogP contribution in [0.25, 0.3) is 21.8 Å². The Balaban J connectivity index is 2.47. The number of carbonyl (C=O) groups excluding carboxylic acids is 1. The third-order valence-electron chi connectivity index (χ3n) is 3.49. The molecule has 0 spiro atoms. The molecule has 5 nitrogen and oxygen atoms in total. The van der Waals surface area contributed by atoms with Gasteiger partial charge in [-0.25, -0.2) is 4.98 Å². The van der Waals surface area contributed by atoms with Crippen LogP contribution in [0.2, 0.25) is 0 Å². The zero-order valence-electron chi connectivity index (χ0n) is 12.5. The summed E-state index contributed by atoms with van der Waals surface area (Å²) in [6.45, 7) is 0. The van der Waals surface area contributed by atoms with Gasteiger partial charge in [-0.1, -0.05) is 0 Å². The molecular weight excluding hydrogens is 298 g/mol. The predicted molar refractivity (Wildman–Crippen MR) is 88.8 cm³/mol. The summed E-state index contributed by atoms with van der Waals surface area (Å²) in [5.41, 5.74) is 1.83. The number of nitrogens with one attached hydrogen (secondary N) is 1. The van der Waals surface area contributed by atoms with Crippen molar-refractivity contribution in [3.05, 3.63) is 36.2 Å². The van der Waals surface area contributed by atoms with E-state index in [1.807, 2.05) is 24.5 Å². The maximum absolute atomic E-state index is 12.0. The van der Waals surface area contributed by atoms with E-state index in [4.69, 9.17) is 4.74 Å². The standard InChI is InChI=1S/C16H15N3O2S/c1-17-16(20)11-8-13(22-3)10-7-12(21-2)9-5-4-6-18-14(9)15(10)19-11/h4-8H,1-3H3,(H,17,20). The number of hydrogen-bond donors (Lipinski definition) is 1. The van der Waals surface area contributed by atoms with Gasteiger partial charge in [-0.3, -0.25) is 9.78 Å². The van der Waals surface area contributed by atoms with Crippen LogP contribution >= 0.6 is 11.8 Å². The van der Waals surface area contributed by atoms with Gasteiger partial charge >= 0.3 is 0 Å². The van der Waals surface area contributed by atoms with Crippen molar-refractivity contribution in [2.45, 2.75) is 4.90 Å². The van der Waals surface area contributed by atoms with Crippen LogP contribution in [0.5, 0.6) is 5.75 Å². The Morgan fingerprint density at radius 3 is 2.77 bits per heavy atom. The molecule has 0 fully saturated rings. The molecule has 6 heteroatoms. The molecule has 3 aromatic rings. The minimum absolute atomic E-state index is 0.211.